The zero-order chi connectivity index (χ0) is 31.7. The first-order valence-electron chi connectivity index (χ1n) is 13.8. The van der Waals surface area contributed by atoms with E-state index in [0.717, 1.165) is 23.3 Å². The number of likely N-dealkylation sites (tertiary alicyclic amines) is 1. The Morgan fingerprint density at radius 3 is 2.37 bits per heavy atom. The van der Waals surface area contributed by atoms with Crippen LogP contribution < -0.4 is 4.90 Å². The number of carbonyl (C=O) groups excluding carboxylic acids is 2. The van der Waals surface area contributed by atoms with Crippen LogP contribution in [0.1, 0.15) is 55.8 Å². The molecular formula is C30H33F3N4O5S. The van der Waals surface area contributed by atoms with Crippen molar-refractivity contribution in [2.75, 3.05) is 37.4 Å². The van der Waals surface area contributed by atoms with Gasteiger partial charge in [-0.1, -0.05) is 12.1 Å². The van der Waals surface area contributed by atoms with Gasteiger partial charge in [-0.25, -0.2) is 13.2 Å². The maximum absolute atomic E-state index is 14.2. The molecule has 9 nitrogen and oxygen atoms in total. The van der Waals surface area contributed by atoms with Crippen LogP contribution in [0.2, 0.25) is 0 Å². The Kier molecular flexibility index (Phi) is 9.22. The number of piperidine rings is 1. The van der Waals surface area contributed by atoms with Crippen molar-refractivity contribution < 1.29 is 36.3 Å². The summed E-state index contributed by atoms with van der Waals surface area (Å²) in [5, 5.41) is 18.7. The Morgan fingerprint density at radius 2 is 1.79 bits per heavy atom. The van der Waals surface area contributed by atoms with Crippen molar-refractivity contribution >= 4 is 27.5 Å². The van der Waals surface area contributed by atoms with Gasteiger partial charge in [0, 0.05) is 31.6 Å². The van der Waals surface area contributed by atoms with Gasteiger partial charge in [-0.3, -0.25) is 9.69 Å². The fourth-order valence-corrected chi connectivity index (χ4v) is 6.67. The third-order valence-corrected chi connectivity index (χ3v) is 9.30. The first-order valence-corrected chi connectivity index (χ1v) is 15.6. The zero-order valence-corrected chi connectivity index (χ0v) is 24.9. The summed E-state index contributed by atoms with van der Waals surface area (Å²) in [6, 6.07) is 8.42. The van der Waals surface area contributed by atoms with Crippen LogP contribution in [-0.2, 0) is 20.8 Å². The second-order valence-electron chi connectivity index (χ2n) is 10.9. The maximum atomic E-state index is 14.2. The van der Waals surface area contributed by atoms with Gasteiger partial charge in [-0.2, -0.15) is 18.4 Å². The Morgan fingerprint density at radius 1 is 1.12 bits per heavy atom. The molecule has 4 rings (SSSR count). The van der Waals surface area contributed by atoms with Gasteiger partial charge < -0.3 is 14.9 Å². The van der Waals surface area contributed by atoms with Gasteiger partial charge in [0.25, 0.3) is 0 Å². The number of nitriles is 1. The summed E-state index contributed by atoms with van der Waals surface area (Å²) in [6.07, 6.45) is -1.71. The highest BCUT2D eigenvalue weighted by Crippen LogP contribution is 2.42. The van der Waals surface area contributed by atoms with E-state index < -0.39 is 46.1 Å². The van der Waals surface area contributed by atoms with Crippen LogP contribution in [-0.4, -0.2) is 67.8 Å². The van der Waals surface area contributed by atoms with E-state index in [2.05, 4.69) is 0 Å². The van der Waals surface area contributed by atoms with Crippen LogP contribution in [0, 0.1) is 17.2 Å². The topological polar surface area (TPSA) is 122 Å². The summed E-state index contributed by atoms with van der Waals surface area (Å²) in [7, 11) is -3.91. The Bertz CT molecular complexity index is 1590. The number of allylic oxidation sites excluding steroid dienone is 1. The van der Waals surface area contributed by atoms with Crippen molar-refractivity contribution in [1.29, 1.82) is 5.26 Å². The Labute approximate surface area is 248 Å². The zero-order valence-electron chi connectivity index (χ0n) is 24.1. The molecule has 0 spiro atoms. The lowest BCUT2D eigenvalue weighted by molar-refractivity contribution is -0.137. The molecule has 2 aliphatic heterocycles. The molecule has 0 aliphatic carbocycles. The monoisotopic (exact) mass is 618 g/mol. The van der Waals surface area contributed by atoms with E-state index in [0.29, 0.717) is 37.9 Å². The molecule has 1 fully saturated rings. The van der Waals surface area contributed by atoms with E-state index in [1.165, 1.54) is 35.2 Å². The summed E-state index contributed by atoms with van der Waals surface area (Å²) in [6.45, 7) is 3.59. The highest BCUT2D eigenvalue weighted by molar-refractivity contribution is 7.90. The third kappa shape index (κ3) is 6.70. The number of alkyl halides is 3. The van der Waals surface area contributed by atoms with E-state index in [1.807, 2.05) is 6.07 Å². The lowest BCUT2D eigenvalue weighted by Gasteiger charge is -2.44. The third-order valence-electron chi connectivity index (χ3n) is 8.14. The van der Waals surface area contributed by atoms with Gasteiger partial charge in [-0.05, 0) is 80.5 Å². The predicted octanol–water partition coefficient (Wildman–Crippen LogP) is 4.88. The van der Waals surface area contributed by atoms with E-state index in [1.54, 1.807) is 18.7 Å². The quantitative estimate of drug-likeness (QED) is 0.472. The average molecular weight is 619 g/mol. The SMILES string of the molecule is CC1=C(C)N(c2cccc(C(F)(F)F)c2)C(=O)N(CC(=O)N2CCC(CCO)CC2)[C@@H]1c1ccc(C#N)cc1S(C)(=O)=O. The number of nitrogens with zero attached hydrogens (tertiary/aromatic N) is 4. The van der Waals surface area contributed by atoms with Crippen LogP contribution in [0.3, 0.4) is 0 Å². The standard InChI is InChI=1S/C30H33F3N4O5S/c1-19-20(2)37(24-6-4-5-23(16-24)30(31,32)33)29(40)36(18-27(39)35-12-9-21(10-13-35)11-14-38)28(19)25-8-7-22(17-34)15-26(25)43(3,41)42/h4-8,15-16,21,28,38H,9-14,18H2,1-3H3/t28-/m0/s1. The molecule has 1 atom stereocenters. The lowest BCUT2D eigenvalue weighted by Crippen LogP contribution is -2.53. The van der Waals surface area contributed by atoms with Gasteiger partial charge in [0.1, 0.15) is 6.54 Å². The van der Waals surface area contributed by atoms with E-state index in [4.69, 9.17) is 0 Å². The molecule has 2 aliphatic rings. The number of aliphatic hydroxyl groups is 1. The number of rotatable bonds is 7. The highest BCUT2D eigenvalue weighted by atomic mass is 32.2. The predicted molar refractivity (Wildman–Crippen MR) is 152 cm³/mol. The molecule has 0 aromatic heterocycles. The van der Waals surface area contributed by atoms with Crippen LogP contribution in [0.5, 0.6) is 0 Å². The number of halogens is 3. The van der Waals surface area contributed by atoms with E-state index >= 15 is 0 Å². The molecule has 13 heteroatoms. The highest BCUT2D eigenvalue weighted by Gasteiger charge is 2.42. The molecule has 1 saturated heterocycles. The Balaban J connectivity index is 1.83. The lowest BCUT2D eigenvalue weighted by atomic mass is 9.92. The number of amides is 3. The number of carbonyl (C=O) groups is 2. The summed E-state index contributed by atoms with van der Waals surface area (Å²) in [4.78, 5) is 31.5. The van der Waals surface area contributed by atoms with Crippen molar-refractivity contribution in [3.8, 4) is 6.07 Å². The van der Waals surface area contributed by atoms with Crippen molar-refractivity contribution in [2.24, 2.45) is 5.92 Å². The van der Waals surface area contributed by atoms with Crippen molar-refractivity contribution in [3.05, 3.63) is 70.4 Å². The van der Waals surface area contributed by atoms with Crippen LogP contribution >= 0.6 is 0 Å². The second kappa shape index (κ2) is 12.4. The molecule has 2 aromatic rings. The molecular weight excluding hydrogens is 585 g/mol. The first kappa shape index (κ1) is 32.0. The fourth-order valence-electron chi connectivity index (χ4n) is 5.73. The number of hydrogen-bond donors (Lipinski definition) is 1. The molecule has 2 aromatic carbocycles. The van der Waals surface area contributed by atoms with Crippen molar-refractivity contribution in [1.82, 2.24) is 9.80 Å². The largest absolute Gasteiger partial charge is 0.416 e. The van der Waals surface area contributed by atoms with Crippen LogP contribution in [0.15, 0.2) is 58.6 Å². The van der Waals surface area contributed by atoms with Gasteiger partial charge in [0.05, 0.1) is 33.8 Å². The maximum Gasteiger partial charge on any atom is 0.416 e. The molecule has 3 amide bonds. The van der Waals surface area contributed by atoms with Gasteiger partial charge >= 0.3 is 12.2 Å². The molecule has 0 unspecified atom stereocenters. The molecule has 43 heavy (non-hydrogen) atoms. The number of benzene rings is 2. The summed E-state index contributed by atoms with van der Waals surface area (Å²) in [5.41, 5.74) is -0.0213. The summed E-state index contributed by atoms with van der Waals surface area (Å²) < 4.78 is 66.5. The van der Waals surface area contributed by atoms with Gasteiger partial charge in [0.2, 0.25) is 5.91 Å². The minimum absolute atomic E-state index is 0.0478. The number of anilines is 1. The minimum atomic E-state index is -4.66. The molecule has 2 heterocycles. The number of sulfone groups is 1. The van der Waals surface area contributed by atoms with Gasteiger partial charge in [-0.15, -0.1) is 0 Å². The van der Waals surface area contributed by atoms with Crippen LogP contribution in [0.4, 0.5) is 23.7 Å². The fraction of sp³-hybridized carbons (Fsp3) is 0.433. The smallest absolute Gasteiger partial charge is 0.396 e. The molecule has 0 saturated carbocycles. The average Bonchev–Trinajstić information content (AvgIpc) is 2.95. The molecule has 0 bridgehead atoms. The summed E-state index contributed by atoms with van der Waals surface area (Å²) in [5.74, 6) is -0.134. The number of urea groups is 1. The minimum Gasteiger partial charge on any atom is -0.396 e. The van der Waals surface area contributed by atoms with E-state index in [9.17, 15) is 41.5 Å². The molecule has 1 N–H and O–H groups in total. The normalized spacial score (nSPS) is 18.7. The van der Waals surface area contributed by atoms with Crippen molar-refractivity contribution in [3.63, 3.8) is 0 Å². The van der Waals surface area contributed by atoms with Gasteiger partial charge in [0.15, 0.2) is 9.84 Å². The van der Waals surface area contributed by atoms with Crippen molar-refractivity contribution in [2.45, 2.75) is 50.2 Å². The number of aliphatic hydroxyl groups excluding tert-OH is 1. The van der Waals surface area contributed by atoms with Crippen LogP contribution in [0.25, 0.3) is 0 Å². The second-order valence-corrected chi connectivity index (χ2v) is 12.9. The van der Waals surface area contributed by atoms with E-state index in [-0.39, 0.29) is 39.9 Å². The Hall–Kier alpha value is -3.89. The number of hydrogen-bond acceptors (Lipinski definition) is 6. The first-order chi connectivity index (χ1) is 20.2. The molecule has 0 radical (unpaired) electrons. The molecule has 230 valence electrons. The summed E-state index contributed by atoms with van der Waals surface area (Å²) >= 11 is 0.